The van der Waals surface area contributed by atoms with E-state index in [1.165, 1.54) is 12.7 Å². The van der Waals surface area contributed by atoms with E-state index in [1.807, 2.05) is 6.08 Å². The Bertz CT molecular complexity index is 645. The van der Waals surface area contributed by atoms with Crippen LogP contribution in [0, 0.1) is 34.5 Å². The number of hydrogen-bond acceptors (Lipinski definition) is 3. The molecule has 4 aliphatic rings. The molecule has 0 amide bonds. The summed E-state index contributed by atoms with van der Waals surface area (Å²) in [5, 5.41) is 0. The number of rotatable bonds is 1. The van der Waals surface area contributed by atoms with Crippen LogP contribution in [0.15, 0.2) is 23.8 Å². The van der Waals surface area contributed by atoms with Crippen molar-refractivity contribution in [3.05, 3.63) is 23.8 Å². The highest BCUT2D eigenvalue weighted by Gasteiger charge is 2.61. The molecule has 130 valence electrons. The monoisotopic (exact) mass is 328 g/mol. The molecular weight excluding hydrogens is 300 g/mol. The van der Waals surface area contributed by atoms with Crippen molar-refractivity contribution in [2.45, 2.75) is 52.4 Å². The Balaban J connectivity index is 1.73. The van der Waals surface area contributed by atoms with Crippen molar-refractivity contribution >= 4 is 11.8 Å². The molecule has 0 bridgehead atoms. The van der Waals surface area contributed by atoms with Crippen LogP contribution in [-0.2, 0) is 14.3 Å². The predicted octanol–water partition coefficient (Wildman–Crippen LogP) is 4.08. The van der Waals surface area contributed by atoms with Crippen molar-refractivity contribution in [2.75, 3.05) is 7.11 Å². The van der Waals surface area contributed by atoms with Gasteiger partial charge in [0.25, 0.3) is 0 Å². The van der Waals surface area contributed by atoms with E-state index in [-0.39, 0.29) is 28.6 Å². The summed E-state index contributed by atoms with van der Waals surface area (Å²) in [5.74, 6) is 1.05. The van der Waals surface area contributed by atoms with Gasteiger partial charge in [0.05, 0.1) is 13.0 Å². The fourth-order valence-electron chi connectivity index (χ4n) is 6.57. The van der Waals surface area contributed by atoms with Gasteiger partial charge in [-0.15, -0.1) is 0 Å². The molecule has 6 atom stereocenters. The van der Waals surface area contributed by atoms with Gasteiger partial charge < -0.3 is 4.74 Å². The Labute approximate surface area is 144 Å². The minimum absolute atomic E-state index is 0.0364. The van der Waals surface area contributed by atoms with E-state index in [2.05, 4.69) is 26.0 Å². The molecule has 0 saturated heterocycles. The average Bonchev–Trinajstić information content (AvgIpc) is 2.92. The molecular formula is C21H28O3. The van der Waals surface area contributed by atoms with Gasteiger partial charge in [-0.1, -0.05) is 26.0 Å². The lowest BCUT2D eigenvalue weighted by Crippen LogP contribution is -2.52. The van der Waals surface area contributed by atoms with Gasteiger partial charge in [0.2, 0.25) is 0 Å². The lowest BCUT2D eigenvalue weighted by Gasteiger charge is -2.55. The maximum absolute atomic E-state index is 13.0. The summed E-state index contributed by atoms with van der Waals surface area (Å²) < 4.78 is 5.07. The van der Waals surface area contributed by atoms with Gasteiger partial charge >= 0.3 is 5.97 Å². The van der Waals surface area contributed by atoms with Crippen molar-refractivity contribution in [2.24, 2.45) is 34.5 Å². The number of carbonyl (C=O) groups excluding carboxylic acids is 2. The van der Waals surface area contributed by atoms with Gasteiger partial charge in [0.15, 0.2) is 5.78 Å². The van der Waals surface area contributed by atoms with Crippen LogP contribution in [0.25, 0.3) is 0 Å². The molecule has 0 aromatic carbocycles. The number of carbonyl (C=O) groups is 2. The Morgan fingerprint density at radius 3 is 2.71 bits per heavy atom. The quantitative estimate of drug-likeness (QED) is 0.681. The predicted molar refractivity (Wildman–Crippen MR) is 92.1 cm³/mol. The molecule has 0 N–H and O–H groups in total. The van der Waals surface area contributed by atoms with E-state index >= 15 is 0 Å². The largest absolute Gasteiger partial charge is 0.469 e. The highest BCUT2D eigenvalue weighted by Crippen LogP contribution is 2.65. The molecule has 4 aliphatic carbocycles. The first-order valence-corrected chi connectivity index (χ1v) is 9.42. The van der Waals surface area contributed by atoms with Crippen LogP contribution in [0.3, 0.4) is 0 Å². The van der Waals surface area contributed by atoms with Crippen LogP contribution in [0.1, 0.15) is 52.4 Å². The van der Waals surface area contributed by atoms with Crippen LogP contribution in [0.4, 0.5) is 0 Å². The molecule has 3 nitrogen and oxygen atoms in total. The van der Waals surface area contributed by atoms with E-state index in [0.717, 1.165) is 38.5 Å². The molecule has 2 saturated carbocycles. The minimum atomic E-state index is -0.0789. The Hall–Kier alpha value is -1.38. The lowest BCUT2D eigenvalue weighted by atomic mass is 9.48. The Kier molecular flexibility index (Phi) is 3.56. The smallest absolute Gasteiger partial charge is 0.309 e. The molecule has 0 unspecified atom stereocenters. The summed E-state index contributed by atoms with van der Waals surface area (Å²) in [4.78, 5) is 25.3. The number of fused-ring (bicyclic) bond motifs is 5. The van der Waals surface area contributed by atoms with Gasteiger partial charge in [-0.05, 0) is 72.8 Å². The zero-order valence-electron chi connectivity index (χ0n) is 15.0. The number of ketones is 1. The fourth-order valence-corrected chi connectivity index (χ4v) is 6.57. The second-order valence-electron chi connectivity index (χ2n) is 8.80. The summed E-state index contributed by atoms with van der Waals surface area (Å²) in [7, 11) is 1.49. The van der Waals surface area contributed by atoms with Crippen LogP contribution in [-0.4, -0.2) is 18.9 Å². The molecule has 0 aromatic heterocycles. The Morgan fingerprint density at radius 2 is 1.96 bits per heavy atom. The van der Waals surface area contributed by atoms with Crippen molar-refractivity contribution in [3.8, 4) is 0 Å². The zero-order chi connectivity index (χ0) is 17.1. The van der Waals surface area contributed by atoms with Gasteiger partial charge in [-0.2, -0.15) is 0 Å². The van der Waals surface area contributed by atoms with E-state index in [1.54, 1.807) is 0 Å². The number of methoxy groups -OCH3 is 1. The van der Waals surface area contributed by atoms with E-state index in [9.17, 15) is 9.59 Å². The van der Waals surface area contributed by atoms with Crippen molar-refractivity contribution < 1.29 is 14.3 Å². The second kappa shape index (κ2) is 5.31. The summed E-state index contributed by atoms with van der Waals surface area (Å²) in [6, 6.07) is 0. The first-order valence-electron chi connectivity index (χ1n) is 9.42. The van der Waals surface area contributed by atoms with Gasteiger partial charge in [-0.3, -0.25) is 9.59 Å². The first kappa shape index (κ1) is 16.1. The van der Waals surface area contributed by atoms with Crippen LogP contribution in [0.5, 0.6) is 0 Å². The minimum Gasteiger partial charge on any atom is -0.469 e. The van der Waals surface area contributed by atoms with Gasteiger partial charge in [0.1, 0.15) is 0 Å². The third-order valence-electron chi connectivity index (χ3n) is 7.99. The summed E-state index contributed by atoms with van der Waals surface area (Å²) in [6.07, 6.45) is 12.5. The second-order valence-corrected chi connectivity index (χ2v) is 8.80. The normalized spacial score (nSPS) is 46.6. The molecule has 0 spiro atoms. The maximum atomic E-state index is 13.0. The lowest BCUT2D eigenvalue weighted by molar-refractivity contribution is -0.154. The molecule has 0 radical (unpaired) electrons. The summed E-state index contributed by atoms with van der Waals surface area (Å²) in [5.41, 5.74) is 1.31. The highest BCUT2D eigenvalue weighted by atomic mass is 16.5. The average molecular weight is 328 g/mol. The van der Waals surface area contributed by atoms with Crippen LogP contribution in [0.2, 0.25) is 0 Å². The van der Waals surface area contributed by atoms with Crippen molar-refractivity contribution in [1.29, 1.82) is 0 Å². The number of hydrogen-bond donors (Lipinski definition) is 0. The van der Waals surface area contributed by atoms with E-state index in [0.29, 0.717) is 17.6 Å². The third-order valence-corrected chi connectivity index (χ3v) is 7.99. The molecule has 0 heterocycles. The van der Waals surface area contributed by atoms with Crippen LogP contribution >= 0.6 is 0 Å². The SMILES string of the molecule is COC(=O)[C@@H]1CC[C@@H]2[C@H]3C(=O)C=C4C=CCC[C@]4(C)[C@@H]3CC[C@]21C. The Morgan fingerprint density at radius 1 is 1.17 bits per heavy atom. The first-order chi connectivity index (χ1) is 11.4. The standard InChI is InChI=1S/C21H28O3/c1-20-10-5-4-6-13(20)12-17(22)18-14-7-8-16(19(23)24-3)21(14,2)11-9-15(18)20/h4,6,12,14-16,18H,5,7-11H2,1-3H3/t14-,15-,16+,18-,20+,21-/m1/s1. The fraction of sp³-hybridized carbons (Fsp3) is 0.714. The molecule has 0 aliphatic heterocycles. The number of allylic oxidation sites excluding steroid dienone is 4. The molecule has 3 heteroatoms. The molecule has 2 fully saturated rings. The highest BCUT2D eigenvalue weighted by molar-refractivity contribution is 5.95. The van der Waals surface area contributed by atoms with Crippen LogP contribution < -0.4 is 0 Å². The van der Waals surface area contributed by atoms with E-state index < -0.39 is 0 Å². The van der Waals surface area contributed by atoms with E-state index in [4.69, 9.17) is 4.74 Å². The molecule has 4 rings (SSSR count). The summed E-state index contributed by atoms with van der Waals surface area (Å²) in [6.45, 7) is 4.60. The molecule has 0 aromatic rings. The van der Waals surface area contributed by atoms with Crippen molar-refractivity contribution in [3.63, 3.8) is 0 Å². The zero-order valence-corrected chi connectivity index (χ0v) is 15.0. The van der Waals surface area contributed by atoms with Gasteiger partial charge in [0, 0.05) is 5.92 Å². The topological polar surface area (TPSA) is 43.4 Å². The number of esters is 1. The number of ether oxygens (including phenoxy) is 1. The maximum Gasteiger partial charge on any atom is 0.309 e. The van der Waals surface area contributed by atoms with Crippen molar-refractivity contribution in [1.82, 2.24) is 0 Å². The molecule has 24 heavy (non-hydrogen) atoms. The van der Waals surface area contributed by atoms with Gasteiger partial charge in [-0.25, -0.2) is 0 Å². The third kappa shape index (κ3) is 1.96. The summed E-state index contributed by atoms with van der Waals surface area (Å²) >= 11 is 0.